The molecule has 2 N–H and O–H groups in total. The number of nitrogens with two attached hydrogens (primary N) is 1. The van der Waals surface area contributed by atoms with Gasteiger partial charge in [0.05, 0.1) is 18.1 Å². The fourth-order valence-corrected chi connectivity index (χ4v) is 2.06. The minimum absolute atomic E-state index is 0.0255. The third-order valence-electron chi connectivity index (χ3n) is 2.86. The van der Waals surface area contributed by atoms with E-state index in [9.17, 15) is 4.79 Å². The number of carbonyl (C=O) groups is 1. The summed E-state index contributed by atoms with van der Waals surface area (Å²) in [5.74, 6) is 0.157. The molecule has 4 nitrogen and oxygen atoms in total. The predicted molar refractivity (Wildman–Crippen MR) is 59.4 cm³/mol. The highest BCUT2D eigenvalue weighted by molar-refractivity contribution is 5.79. The number of ether oxygens (including phenoxy) is 1. The first-order chi connectivity index (χ1) is 7.08. The average molecular weight is 214 g/mol. The molecule has 1 rings (SSSR count). The van der Waals surface area contributed by atoms with Gasteiger partial charge in [-0.05, 0) is 20.3 Å². The summed E-state index contributed by atoms with van der Waals surface area (Å²) in [5, 5.41) is 0. The molecule has 1 aliphatic rings. The first kappa shape index (κ1) is 12.5. The molecule has 0 spiro atoms. The number of morpholine rings is 1. The molecule has 4 heteroatoms. The largest absolute Gasteiger partial charge is 0.372 e. The van der Waals surface area contributed by atoms with E-state index in [-0.39, 0.29) is 24.0 Å². The van der Waals surface area contributed by atoms with Gasteiger partial charge in [-0.1, -0.05) is 6.92 Å². The zero-order chi connectivity index (χ0) is 11.4. The van der Waals surface area contributed by atoms with Crippen molar-refractivity contribution in [3.05, 3.63) is 0 Å². The average Bonchev–Trinajstić information content (AvgIpc) is 2.18. The molecular weight excluding hydrogens is 192 g/mol. The van der Waals surface area contributed by atoms with Crippen molar-refractivity contribution >= 4 is 5.91 Å². The second-order valence-electron chi connectivity index (χ2n) is 4.34. The van der Waals surface area contributed by atoms with Gasteiger partial charge in [0.15, 0.2) is 0 Å². The molecule has 0 saturated carbocycles. The first-order valence-corrected chi connectivity index (χ1v) is 5.72. The van der Waals surface area contributed by atoms with Gasteiger partial charge in [0.25, 0.3) is 0 Å². The smallest absolute Gasteiger partial charge is 0.227 e. The maximum Gasteiger partial charge on any atom is 0.227 e. The third-order valence-corrected chi connectivity index (χ3v) is 2.86. The number of rotatable bonds is 3. The summed E-state index contributed by atoms with van der Waals surface area (Å²) in [6.45, 7) is 7.83. The normalized spacial score (nSPS) is 28.9. The van der Waals surface area contributed by atoms with Crippen LogP contribution in [0, 0.1) is 5.92 Å². The molecule has 3 atom stereocenters. The summed E-state index contributed by atoms with van der Waals surface area (Å²) >= 11 is 0. The Hall–Kier alpha value is -0.610. The van der Waals surface area contributed by atoms with Gasteiger partial charge < -0.3 is 15.4 Å². The van der Waals surface area contributed by atoms with E-state index in [0.717, 1.165) is 6.42 Å². The molecule has 0 aromatic rings. The third kappa shape index (κ3) is 3.18. The molecule has 0 aromatic heterocycles. The monoisotopic (exact) mass is 214 g/mol. The minimum atomic E-state index is -0.0255. The van der Waals surface area contributed by atoms with Crippen molar-refractivity contribution in [2.24, 2.45) is 11.7 Å². The lowest BCUT2D eigenvalue weighted by molar-refractivity contribution is -0.147. The van der Waals surface area contributed by atoms with Crippen LogP contribution in [0.15, 0.2) is 0 Å². The zero-order valence-electron chi connectivity index (χ0n) is 9.90. The topological polar surface area (TPSA) is 55.6 Å². The Labute approximate surface area is 91.8 Å². The summed E-state index contributed by atoms with van der Waals surface area (Å²) in [4.78, 5) is 13.9. The number of hydrogen-bond donors (Lipinski definition) is 1. The van der Waals surface area contributed by atoms with E-state index in [0.29, 0.717) is 19.6 Å². The Morgan fingerprint density at radius 3 is 2.40 bits per heavy atom. The number of hydrogen-bond acceptors (Lipinski definition) is 3. The van der Waals surface area contributed by atoms with Crippen molar-refractivity contribution < 1.29 is 9.53 Å². The Bertz CT molecular complexity index is 207. The first-order valence-electron chi connectivity index (χ1n) is 5.72. The van der Waals surface area contributed by atoms with E-state index in [1.165, 1.54) is 0 Å². The molecule has 1 heterocycles. The Kier molecular flexibility index (Phi) is 4.54. The van der Waals surface area contributed by atoms with E-state index in [1.807, 2.05) is 25.7 Å². The zero-order valence-corrected chi connectivity index (χ0v) is 9.90. The predicted octanol–water partition coefficient (Wildman–Crippen LogP) is 0.607. The molecule has 1 aliphatic heterocycles. The van der Waals surface area contributed by atoms with E-state index in [1.54, 1.807) is 0 Å². The highest BCUT2D eigenvalue weighted by atomic mass is 16.5. The number of carbonyl (C=O) groups excluding carboxylic acids is 1. The van der Waals surface area contributed by atoms with E-state index >= 15 is 0 Å². The molecular formula is C11H22N2O2. The molecule has 0 bridgehead atoms. The van der Waals surface area contributed by atoms with Crippen LogP contribution in [0.2, 0.25) is 0 Å². The van der Waals surface area contributed by atoms with E-state index in [4.69, 9.17) is 10.5 Å². The van der Waals surface area contributed by atoms with Crippen molar-refractivity contribution in [2.45, 2.75) is 39.4 Å². The van der Waals surface area contributed by atoms with Gasteiger partial charge >= 0.3 is 0 Å². The van der Waals surface area contributed by atoms with Gasteiger partial charge in [0.2, 0.25) is 5.91 Å². The van der Waals surface area contributed by atoms with Crippen LogP contribution in [-0.4, -0.2) is 42.6 Å². The number of nitrogens with zero attached hydrogens (tertiary/aromatic N) is 1. The lowest BCUT2D eigenvalue weighted by Crippen LogP contribution is -2.50. The SMILES string of the molecule is CCC(CN)C(=O)N1CC(C)OC(C)C1. The Morgan fingerprint density at radius 2 is 2.00 bits per heavy atom. The van der Waals surface area contributed by atoms with Crippen LogP contribution >= 0.6 is 0 Å². The summed E-state index contributed by atoms with van der Waals surface area (Å²) in [6.07, 6.45) is 1.08. The Morgan fingerprint density at radius 1 is 1.47 bits per heavy atom. The van der Waals surface area contributed by atoms with Crippen molar-refractivity contribution in [3.8, 4) is 0 Å². The highest BCUT2D eigenvalue weighted by Gasteiger charge is 2.28. The van der Waals surface area contributed by atoms with Gasteiger partial charge in [-0.25, -0.2) is 0 Å². The summed E-state index contributed by atoms with van der Waals surface area (Å²) in [7, 11) is 0. The summed E-state index contributed by atoms with van der Waals surface area (Å²) in [6, 6.07) is 0. The lowest BCUT2D eigenvalue weighted by atomic mass is 10.0. The fourth-order valence-electron chi connectivity index (χ4n) is 2.06. The van der Waals surface area contributed by atoms with Crippen LogP contribution < -0.4 is 5.73 Å². The molecule has 15 heavy (non-hydrogen) atoms. The molecule has 1 amide bonds. The van der Waals surface area contributed by atoms with Gasteiger partial charge in [-0.3, -0.25) is 4.79 Å². The van der Waals surface area contributed by atoms with Crippen LogP contribution in [0.3, 0.4) is 0 Å². The van der Waals surface area contributed by atoms with Crippen LogP contribution in [-0.2, 0) is 9.53 Å². The van der Waals surface area contributed by atoms with E-state index < -0.39 is 0 Å². The molecule has 1 fully saturated rings. The molecule has 0 aromatic carbocycles. The molecule has 88 valence electrons. The van der Waals surface area contributed by atoms with Crippen LogP contribution in [0.25, 0.3) is 0 Å². The fraction of sp³-hybridized carbons (Fsp3) is 0.909. The Balaban J connectivity index is 2.58. The van der Waals surface area contributed by atoms with Crippen LogP contribution in [0.4, 0.5) is 0 Å². The van der Waals surface area contributed by atoms with Crippen LogP contribution in [0.5, 0.6) is 0 Å². The van der Waals surface area contributed by atoms with Gasteiger partial charge in [0, 0.05) is 19.6 Å². The van der Waals surface area contributed by atoms with Crippen molar-refractivity contribution in [2.75, 3.05) is 19.6 Å². The second-order valence-corrected chi connectivity index (χ2v) is 4.34. The number of amides is 1. The quantitative estimate of drug-likeness (QED) is 0.749. The molecule has 0 radical (unpaired) electrons. The molecule has 1 saturated heterocycles. The van der Waals surface area contributed by atoms with E-state index in [2.05, 4.69) is 0 Å². The standard InChI is InChI=1S/C11H22N2O2/c1-4-10(5-12)11(14)13-6-8(2)15-9(3)7-13/h8-10H,4-7,12H2,1-3H3. The lowest BCUT2D eigenvalue weighted by Gasteiger charge is -2.36. The molecule has 3 unspecified atom stereocenters. The van der Waals surface area contributed by atoms with Crippen molar-refractivity contribution in [1.29, 1.82) is 0 Å². The van der Waals surface area contributed by atoms with Crippen LogP contribution in [0.1, 0.15) is 27.2 Å². The van der Waals surface area contributed by atoms with Crippen molar-refractivity contribution in [3.63, 3.8) is 0 Å². The minimum Gasteiger partial charge on any atom is -0.372 e. The maximum absolute atomic E-state index is 12.0. The summed E-state index contributed by atoms with van der Waals surface area (Å²) in [5.41, 5.74) is 5.58. The van der Waals surface area contributed by atoms with Gasteiger partial charge in [-0.15, -0.1) is 0 Å². The van der Waals surface area contributed by atoms with Crippen molar-refractivity contribution in [1.82, 2.24) is 4.90 Å². The van der Waals surface area contributed by atoms with Gasteiger partial charge in [-0.2, -0.15) is 0 Å². The summed E-state index contributed by atoms with van der Waals surface area (Å²) < 4.78 is 5.59. The highest BCUT2D eigenvalue weighted by Crippen LogP contribution is 2.14. The second kappa shape index (κ2) is 5.47. The molecule has 0 aliphatic carbocycles. The maximum atomic E-state index is 12.0. The van der Waals surface area contributed by atoms with Gasteiger partial charge in [0.1, 0.15) is 0 Å².